The molecule has 0 aliphatic rings. The maximum Gasteiger partial charge on any atom is 0.192 e. The first-order chi connectivity index (χ1) is 16.2. The van der Waals surface area contributed by atoms with Crippen LogP contribution in [0.15, 0.2) is 24.3 Å². The summed E-state index contributed by atoms with van der Waals surface area (Å²) in [5, 5.41) is 0.104. The minimum Gasteiger partial charge on any atom is -0.497 e. The van der Waals surface area contributed by atoms with Crippen molar-refractivity contribution >= 4 is 16.4 Å². The number of methoxy groups -OCH3 is 1. The van der Waals surface area contributed by atoms with Gasteiger partial charge in [-0.25, -0.2) is 0 Å². The van der Waals surface area contributed by atoms with E-state index in [1.807, 2.05) is 24.3 Å². The Balaban J connectivity index is 2.86. The van der Waals surface area contributed by atoms with E-state index in [0.717, 1.165) is 24.0 Å². The Kier molecular flexibility index (Phi) is 13.3. The molecule has 0 fully saturated rings. The van der Waals surface area contributed by atoms with Gasteiger partial charge in [0.05, 0.1) is 32.0 Å². The monoisotopic (exact) mass is 522 g/mol. The van der Waals surface area contributed by atoms with Crippen LogP contribution in [0.25, 0.3) is 0 Å². The minimum absolute atomic E-state index is 0.0834. The lowest BCUT2D eigenvalue weighted by atomic mass is 10.1. The fourth-order valence-corrected chi connectivity index (χ4v) is 5.30. The Hall–Kier alpha value is -1.15. The van der Waals surface area contributed by atoms with Crippen LogP contribution in [0.4, 0.5) is 0 Å². The predicted octanol–water partition coefficient (Wildman–Crippen LogP) is 7.10. The second kappa shape index (κ2) is 14.6. The van der Waals surface area contributed by atoms with Crippen molar-refractivity contribution in [2.24, 2.45) is 0 Å². The topological polar surface area (TPSA) is 46.2 Å². The van der Waals surface area contributed by atoms with Crippen LogP contribution >= 0.6 is 0 Å². The minimum atomic E-state index is -1.98. The fourth-order valence-electron chi connectivity index (χ4n) is 3.18. The first kappa shape index (κ1) is 31.9. The van der Waals surface area contributed by atoms with E-state index in [4.69, 9.17) is 29.8 Å². The lowest BCUT2D eigenvalue weighted by Gasteiger charge is -2.40. The molecule has 0 aliphatic carbocycles. The highest BCUT2D eigenvalue weighted by atomic mass is 28.4. The molecule has 5 nitrogen and oxygen atoms in total. The average molecular weight is 523 g/mol. The smallest absolute Gasteiger partial charge is 0.192 e. The summed E-state index contributed by atoms with van der Waals surface area (Å²) >= 11 is 0. The van der Waals surface area contributed by atoms with Crippen molar-refractivity contribution in [3.63, 3.8) is 0 Å². The van der Waals surface area contributed by atoms with Crippen molar-refractivity contribution in [3.05, 3.63) is 29.8 Å². The highest BCUT2D eigenvalue weighted by Crippen LogP contribution is 2.38. The maximum atomic E-state index is 6.70. The van der Waals surface area contributed by atoms with Gasteiger partial charge in [-0.05, 0) is 48.8 Å². The van der Waals surface area contributed by atoms with Crippen LogP contribution in [-0.2, 0) is 25.2 Å². The van der Waals surface area contributed by atoms with E-state index in [1.54, 1.807) is 7.11 Å². The van der Waals surface area contributed by atoms with Crippen molar-refractivity contribution in [1.82, 2.24) is 0 Å². The molecule has 200 valence electrons. The van der Waals surface area contributed by atoms with Gasteiger partial charge in [-0.1, -0.05) is 52.5 Å². The van der Waals surface area contributed by atoms with Crippen LogP contribution in [-0.4, -0.2) is 55.2 Å². The Bertz CT molecular complexity index is 760. The summed E-state index contributed by atoms with van der Waals surface area (Å²) in [5.41, 5.74) is 1.08. The third kappa shape index (κ3) is 12.6. The standard InChI is InChI=1S/C28H50O5Si2/c1-12-13-26(33-35(10,11)28(3,4)5)20-27(32-22-30-18-19-34(7,8)9)23(2)31-21-24-14-16-25(29-6)17-15-24/h1,14-17,23,26-27H,13,18-22H2,2-11H3/t23-,26+,27-/m1/s1. The molecule has 0 radical (unpaired) electrons. The Morgan fingerprint density at radius 3 is 2.14 bits per heavy atom. The molecular formula is C28H50O5Si2. The summed E-state index contributed by atoms with van der Waals surface area (Å²) < 4.78 is 30.3. The van der Waals surface area contributed by atoms with E-state index in [1.165, 1.54) is 0 Å². The lowest BCUT2D eigenvalue weighted by molar-refractivity contribution is -0.143. The predicted molar refractivity (Wildman–Crippen MR) is 151 cm³/mol. The highest BCUT2D eigenvalue weighted by molar-refractivity contribution is 6.76. The molecule has 1 rings (SSSR count). The van der Waals surface area contributed by atoms with Gasteiger partial charge in [0.25, 0.3) is 0 Å². The molecule has 0 saturated carbocycles. The zero-order valence-corrected chi connectivity index (χ0v) is 25.9. The summed E-state index contributed by atoms with van der Waals surface area (Å²) in [7, 11) is -1.46. The van der Waals surface area contributed by atoms with Crippen molar-refractivity contribution in [2.75, 3.05) is 20.5 Å². The quantitative estimate of drug-likeness (QED) is 0.100. The number of terminal acetylenes is 1. The van der Waals surface area contributed by atoms with E-state index in [9.17, 15) is 0 Å². The molecule has 0 heterocycles. The first-order valence-corrected chi connectivity index (χ1v) is 19.3. The van der Waals surface area contributed by atoms with Crippen LogP contribution in [0.5, 0.6) is 5.75 Å². The normalized spacial score (nSPS) is 15.3. The summed E-state index contributed by atoms with van der Waals surface area (Å²) in [6.45, 7) is 21.8. The summed E-state index contributed by atoms with van der Waals surface area (Å²) in [5.74, 6) is 3.64. The largest absolute Gasteiger partial charge is 0.497 e. The van der Waals surface area contributed by atoms with E-state index in [0.29, 0.717) is 19.4 Å². The molecule has 3 atom stereocenters. The van der Waals surface area contributed by atoms with Crippen molar-refractivity contribution < 1.29 is 23.4 Å². The van der Waals surface area contributed by atoms with Crippen LogP contribution in [0.2, 0.25) is 43.8 Å². The molecule has 0 bridgehead atoms. The van der Waals surface area contributed by atoms with Gasteiger partial charge in [-0.2, -0.15) is 0 Å². The Labute approximate surface area is 217 Å². The van der Waals surface area contributed by atoms with Crippen LogP contribution in [0.3, 0.4) is 0 Å². The third-order valence-electron chi connectivity index (χ3n) is 6.67. The summed E-state index contributed by atoms with van der Waals surface area (Å²) in [6, 6.07) is 9.03. The van der Waals surface area contributed by atoms with Crippen LogP contribution in [0, 0.1) is 12.3 Å². The molecule has 0 spiro atoms. The first-order valence-electron chi connectivity index (χ1n) is 12.7. The number of hydrogen-bond donors (Lipinski definition) is 0. The molecule has 0 amide bonds. The molecular weight excluding hydrogens is 472 g/mol. The number of rotatable bonds is 16. The molecule has 35 heavy (non-hydrogen) atoms. The van der Waals surface area contributed by atoms with Gasteiger partial charge in [0.1, 0.15) is 12.5 Å². The van der Waals surface area contributed by atoms with Crippen LogP contribution in [0.1, 0.15) is 46.1 Å². The van der Waals surface area contributed by atoms with Gasteiger partial charge in [-0.15, -0.1) is 12.3 Å². The van der Waals surface area contributed by atoms with Crippen LogP contribution < -0.4 is 4.74 Å². The fraction of sp³-hybridized carbons (Fsp3) is 0.714. The molecule has 0 saturated heterocycles. The molecule has 0 aliphatic heterocycles. The lowest BCUT2D eigenvalue weighted by Crippen LogP contribution is -2.45. The van der Waals surface area contributed by atoms with Gasteiger partial charge >= 0.3 is 0 Å². The zero-order chi connectivity index (χ0) is 26.7. The van der Waals surface area contributed by atoms with E-state index < -0.39 is 16.4 Å². The Morgan fingerprint density at radius 1 is 1.00 bits per heavy atom. The molecule has 1 aromatic rings. The number of hydrogen-bond acceptors (Lipinski definition) is 5. The van der Waals surface area contributed by atoms with E-state index in [-0.39, 0.29) is 30.1 Å². The van der Waals surface area contributed by atoms with E-state index >= 15 is 0 Å². The number of ether oxygens (including phenoxy) is 4. The second-order valence-corrected chi connectivity index (χ2v) is 22.4. The van der Waals surface area contributed by atoms with Gasteiger partial charge < -0.3 is 23.4 Å². The maximum absolute atomic E-state index is 6.70. The average Bonchev–Trinajstić information content (AvgIpc) is 2.75. The highest BCUT2D eigenvalue weighted by Gasteiger charge is 2.39. The molecule has 0 N–H and O–H groups in total. The SMILES string of the molecule is C#CC[C@@H](C[C@@H](OCOCC[Si](C)(C)C)[C@@H](C)OCc1ccc(OC)cc1)O[Si](C)(C)C(C)(C)C. The van der Waals surface area contributed by atoms with Gasteiger partial charge in [0.2, 0.25) is 0 Å². The summed E-state index contributed by atoms with van der Waals surface area (Å²) in [6.07, 6.45) is 6.52. The molecule has 7 heteroatoms. The van der Waals surface area contributed by atoms with Gasteiger partial charge in [0, 0.05) is 27.5 Å². The Morgan fingerprint density at radius 2 is 1.63 bits per heavy atom. The molecule has 0 unspecified atom stereocenters. The second-order valence-electron chi connectivity index (χ2n) is 12.1. The zero-order valence-electron chi connectivity index (χ0n) is 23.9. The molecule has 0 aromatic heterocycles. The van der Waals surface area contributed by atoms with Gasteiger partial charge in [-0.3, -0.25) is 0 Å². The third-order valence-corrected chi connectivity index (χ3v) is 12.9. The molecule has 1 aromatic carbocycles. The van der Waals surface area contributed by atoms with Crippen molar-refractivity contribution in [3.8, 4) is 18.1 Å². The summed E-state index contributed by atoms with van der Waals surface area (Å²) in [4.78, 5) is 0. The van der Waals surface area contributed by atoms with E-state index in [2.05, 4.69) is 66.4 Å². The van der Waals surface area contributed by atoms with Crippen molar-refractivity contribution in [2.45, 2.75) is 109 Å². The number of benzene rings is 1. The van der Waals surface area contributed by atoms with Crippen molar-refractivity contribution in [1.29, 1.82) is 0 Å². The van der Waals surface area contributed by atoms with Gasteiger partial charge in [0.15, 0.2) is 8.32 Å².